The number of ether oxygens (including phenoxy) is 1. The van der Waals surface area contributed by atoms with Gasteiger partial charge in [0.05, 0.1) is 17.8 Å². The van der Waals surface area contributed by atoms with Crippen molar-refractivity contribution < 1.29 is 22.7 Å². The minimum absolute atomic E-state index is 0.161. The van der Waals surface area contributed by atoms with Crippen LogP contribution in [-0.4, -0.2) is 19.2 Å². The third-order valence-electron chi connectivity index (χ3n) is 3.52. The van der Waals surface area contributed by atoms with E-state index in [0.29, 0.717) is 0 Å². The van der Waals surface area contributed by atoms with Crippen molar-refractivity contribution in [2.75, 3.05) is 18.5 Å². The van der Waals surface area contributed by atoms with Crippen molar-refractivity contribution in [1.82, 2.24) is 5.32 Å². The van der Waals surface area contributed by atoms with Crippen LogP contribution in [0.2, 0.25) is 0 Å². The molecule has 0 atom stereocenters. The summed E-state index contributed by atoms with van der Waals surface area (Å²) in [6, 6.07) is 9.84. The Labute approximate surface area is 144 Å². The number of urea groups is 1. The number of carbonyl (C=O) groups excluding carboxylic acids is 1. The molecule has 0 aliphatic carbocycles. The molecule has 0 saturated heterocycles. The first kappa shape index (κ1) is 18.6. The van der Waals surface area contributed by atoms with Gasteiger partial charge in [0.1, 0.15) is 12.4 Å². The second-order valence-corrected chi connectivity index (χ2v) is 5.49. The summed E-state index contributed by atoms with van der Waals surface area (Å²) in [6.07, 6.45) is -4.53. The standard InChI is InChI=1S/C18H19F3N2O2/c1-12-6-5-7-13(2)16(12)25-11-10-22-17(24)23-15-9-4-3-8-14(15)18(19,20)21/h3-9H,10-11H2,1-2H3,(H2,22,23,24). The van der Waals surface area contributed by atoms with E-state index in [4.69, 9.17) is 4.74 Å². The zero-order chi connectivity index (χ0) is 18.4. The number of halogens is 3. The lowest BCUT2D eigenvalue weighted by Gasteiger charge is -2.15. The largest absolute Gasteiger partial charge is 0.491 e. The molecule has 0 bridgehead atoms. The number of carbonyl (C=O) groups is 1. The number of nitrogens with one attached hydrogen (secondary N) is 2. The number of benzene rings is 2. The van der Waals surface area contributed by atoms with Gasteiger partial charge in [-0.05, 0) is 37.1 Å². The molecule has 2 rings (SSSR count). The monoisotopic (exact) mass is 352 g/mol. The van der Waals surface area contributed by atoms with Crippen molar-refractivity contribution in [1.29, 1.82) is 0 Å². The highest BCUT2D eigenvalue weighted by atomic mass is 19.4. The van der Waals surface area contributed by atoms with E-state index >= 15 is 0 Å². The Hall–Kier alpha value is -2.70. The number of hydrogen-bond donors (Lipinski definition) is 2. The topological polar surface area (TPSA) is 50.4 Å². The molecule has 0 aliphatic rings. The van der Waals surface area contributed by atoms with Crippen molar-refractivity contribution in [3.63, 3.8) is 0 Å². The van der Waals surface area contributed by atoms with Crippen molar-refractivity contribution >= 4 is 11.7 Å². The molecule has 2 amide bonds. The fraction of sp³-hybridized carbons (Fsp3) is 0.278. The highest BCUT2D eigenvalue weighted by Crippen LogP contribution is 2.34. The van der Waals surface area contributed by atoms with Crippen molar-refractivity contribution in [2.45, 2.75) is 20.0 Å². The number of hydrogen-bond acceptors (Lipinski definition) is 2. The number of aryl methyl sites for hydroxylation is 2. The summed E-state index contributed by atoms with van der Waals surface area (Å²) in [4.78, 5) is 11.8. The van der Waals surface area contributed by atoms with Gasteiger partial charge in [0.15, 0.2) is 0 Å². The smallest absolute Gasteiger partial charge is 0.418 e. The zero-order valence-electron chi connectivity index (χ0n) is 13.9. The highest BCUT2D eigenvalue weighted by Gasteiger charge is 2.33. The first-order valence-electron chi connectivity index (χ1n) is 7.69. The summed E-state index contributed by atoms with van der Waals surface area (Å²) in [6.45, 7) is 4.20. The van der Waals surface area contributed by atoms with Crippen LogP contribution in [0.1, 0.15) is 16.7 Å². The molecular weight excluding hydrogens is 333 g/mol. The first-order chi connectivity index (χ1) is 11.8. The summed E-state index contributed by atoms with van der Waals surface area (Å²) in [5.41, 5.74) is 0.771. The van der Waals surface area contributed by atoms with E-state index in [1.165, 1.54) is 18.2 Å². The van der Waals surface area contributed by atoms with Gasteiger partial charge in [-0.15, -0.1) is 0 Å². The van der Waals surface area contributed by atoms with E-state index in [1.54, 1.807) is 0 Å². The van der Waals surface area contributed by atoms with E-state index < -0.39 is 17.8 Å². The van der Waals surface area contributed by atoms with Crippen LogP contribution in [0.15, 0.2) is 42.5 Å². The minimum atomic E-state index is -4.53. The molecule has 25 heavy (non-hydrogen) atoms. The summed E-state index contributed by atoms with van der Waals surface area (Å²) in [5, 5.41) is 4.69. The van der Waals surface area contributed by atoms with Gasteiger partial charge in [0.2, 0.25) is 0 Å². The maximum atomic E-state index is 12.9. The SMILES string of the molecule is Cc1cccc(C)c1OCCNC(=O)Nc1ccccc1C(F)(F)F. The minimum Gasteiger partial charge on any atom is -0.491 e. The van der Waals surface area contributed by atoms with Gasteiger partial charge in [-0.25, -0.2) is 4.79 Å². The van der Waals surface area contributed by atoms with E-state index in [1.807, 2.05) is 32.0 Å². The Morgan fingerprint density at radius 1 is 1.04 bits per heavy atom. The molecule has 2 aromatic carbocycles. The molecule has 2 aromatic rings. The normalized spacial score (nSPS) is 11.1. The van der Waals surface area contributed by atoms with Gasteiger partial charge in [-0.1, -0.05) is 30.3 Å². The Kier molecular flexibility index (Phi) is 5.90. The number of anilines is 1. The number of rotatable bonds is 5. The molecule has 2 N–H and O–H groups in total. The number of para-hydroxylation sites is 2. The third-order valence-corrected chi connectivity index (χ3v) is 3.52. The highest BCUT2D eigenvalue weighted by molar-refractivity contribution is 5.90. The van der Waals surface area contributed by atoms with Crippen LogP contribution in [0.5, 0.6) is 5.75 Å². The Morgan fingerprint density at radius 2 is 1.68 bits per heavy atom. The molecule has 0 heterocycles. The molecule has 4 nitrogen and oxygen atoms in total. The van der Waals surface area contributed by atoms with Gasteiger partial charge in [0.25, 0.3) is 0 Å². The van der Waals surface area contributed by atoms with Crippen LogP contribution in [-0.2, 0) is 6.18 Å². The van der Waals surface area contributed by atoms with Crippen LogP contribution in [0, 0.1) is 13.8 Å². The van der Waals surface area contributed by atoms with Gasteiger partial charge < -0.3 is 15.4 Å². The predicted molar refractivity (Wildman–Crippen MR) is 89.9 cm³/mol. The molecule has 0 fully saturated rings. The molecule has 0 saturated carbocycles. The molecule has 0 spiro atoms. The summed E-state index contributed by atoms with van der Waals surface area (Å²) in [7, 11) is 0. The van der Waals surface area contributed by atoms with Crippen LogP contribution in [0.25, 0.3) is 0 Å². The van der Waals surface area contributed by atoms with Gasteiger partial charge in [-0.3, -0.25) is 0 Å². The quantitative estimate of drug-likeness (QED) is 0.777. The van der Waals surface area contributed by atoms with Gasteiger partial charge in [0, 0.05) is 0 Å². The lowest BCUT2D eigenvalue weighted by molar-refractivity contribution is -0.136. The second kappa shape index (κ2) is 7.92. The second-order valence-electron chi connectivity index (χ2n) is 5.49. The number of amides is 2. The van der Waals surface area contributed by atoms with Crippen LogP contribution in [0.4, 0.5) is 23.7 Å². The van der Waals surface area contributed by atoms with E-state index in [2.05, 4.69) is 10.6 Å². The molecule has 0 aliphatic heterocycles. The maximum Gasteiger partial charge on any atom is 0.418 e. The Balaban J connectivity index is 1.86. The fourth-order valence-electron chi connectivity index (χ4n) is 2.35. The van der Waals surface area contributed by atoms with E-state index in [-0.39, 0.29) is 18.8 Å². The van der Waals surface area contributed by atoms with E-state index in [9.17, 15) is 18.0 Å². The molecule has 0 unspecified atom stereocenters. The van der Waals surface area contributed by atoms with Crippen molar-refractivity contribution in [3.05, 3.63) is 59.2 Å². The fourth-order valence-corrected chi connectivity index (χ4v) is 2.35. The van der Waals surface area contributed by atoms with Gasteiger partial charge in [-0.2, -0.15) is 13.2 Å². The molecule has 0 aromatic heterocycles. The molecule has 134 valence electrons. The molecule has 7 heteroatoms. The Bertz CT molecular complexity index is 725. The third kappa shape index (κ3) is 5.14. The average Bonchev–Trinajstić information content (AvgIpc) is 2.53. The number of alkyl halides is 3. The lowest BCUT2D eigenvalue weighted by atomic mass is 10.1. The van der Waals surface area contributed by atoms with Crippen LogP contribution >= 0.6 is 0 Å². The predicted octanol–water partition coefficient (Wildman–Crippen LogP) is 4.52. The van der Waals surface area contributed by atoms with Crippen LogP contribution in [0.3, 0.4) is 0 Å². The Morgan fingerprint density at radius 3 is 2.32 bits per heavy atom. The van der Waals surface area contributed by atoms with Crippen molar-refractivity contribution in [2.24, 2.45) is 0 Å². The van der Waals surface area contributed by atoms with E-state index in [0.717, 1.165) is 22.9 Å². The summed E-state index contributed by atoms with van der Waals surface area (Å²) in [5.74, 6) is 0.743. The molecular formula is C18H19F3N2O2. The summed E-state index contributed by atoms with van der Waals surface area (Å²) >= 11 is 0. The van der Waals surface area contributed by atoms with Crippen molar-refractivity contribution in [3.8, 4) is 5.75 Å². The zero-order valence-corrected chi connectivity index (χ0v) is 13.9. The lowest BCUT2D eigenvalue weighted by Crippen LogP contribution is -2.33. The average molecular weight is 352 g/mol. The molecule has 0 radical (unpaired) electrons. The summed E-state index contributed by atoms with van der Waals surface area (Å²) < 4.78 is 44.3. The maximum absolute atomic E-state index is 12.9. The first-order valence-corrected chi connectivity index (χ1v) is 7.69. The van der Waals surface area contributed by atoms with Crippen LogP contribution < -0.4 is 15.4 Å². The van der Waals surface area contributed by atoms with Gasteiger partial charge >= 0.3 is 12.2 Å².